The van der Waals surface area contributed by atoms with Gasteiger partial charge in [0.15, 0.2) is 0 Å². The molecule has 5 rings (SSSR count). The van der Waals surface area contributed by atoms with E-state index in [9.17, 15) is 17.6 Å². The summed E-state index contributed by atoms with van der Waals surface area (Å²) in [4.78, 5) is 12.1. The molecule has 10 heteroatoms. The van der Waals surface area contributed by atoms with E-state index in [1.54, 1.807) is 24.3 Å². The highest BCUT2D eigenvalue weighted by Gasteiger charge is 2.24. The van der Waals surface area contributed by atoms with E-state index < -0.39 is 21.6 Å². The molecular formula is C25H23FN4O4S. The van der Waals surface area contributed by atoms with E-state index >= 15 is 0 Å². The largest absolute Gasteiger partial charge is 0.381 e. The second-order valence-corrected chi connectivity index (χ2v) is 10.3. The molecular weight excluding hydrogens is 471 g/mol. The normalized spacial score (nSPS) is 14.8. The number of benzene rings is 3. The number of H-pyrrole nitrogens is 1. The fraction of sp³-hybridized carbons (Fsp3) is 0.200. The number of nitrogens with one attached hydrogen (secondary N) is 2. The van der Waals surface area contributed by atoms with Gasteiger partial charge in [0.1, 0.15) is 11.5 Å². The molecule has 0 spiro atoms. The Balaban J connectivity index is 1.64. The molecule has 0 unspecified atom stereocenters. The average molecular weight is 495 g/mol. The van der Waals surface area contributed by atoms with Crippen LogP contribution in [-0.4, -0.2) is 43.8 Å². The molecule has 1 fully saturated rings. The van der Waals surface area contributed by atoms with Crippen LogP contribution in [0.3, 0.4) is 0 Å². The lowest BCUT2D eigenvalue weighted by atomic mass is 9.99. The lowest BCUT2D eigenvalue weighted by Gasteiger charge is -2.26. The highest BCUT2D eigenvalue weighted by Crippen LogP contribution is 2.36. The molecule has 0 radical (unpaired) electrons. The van der Waals surface area contributed by atoms with Gasteiger partial charge in [-0.1, -0.05) is 18.2 Å². The van der Waals surface area contributed by atoms with Gasteiger partial charge in [-0.2, -0.15) is 5.10 Å². The Morgan fingerprint density at radius 1 is 1.06 bits per heavy atom. The predicted molar refractivity (Wildman–Crippen MR) is 129 cm³/mol. The Kier molecular flexibility index (Phi) is 6.00. The highest BCUT2D eigenvalue weighted by atomic mass is 32.2. The molecule has 1 amide bonds. The molecule has 2 heterocycles. The predicted octanol–water partition coefficient (Wildman–Crippen LogP) is 3.89. The minimum Gasteiger partial charge on any atom is -0.381 e. The van der Waals surface area contributed by atoms with Gasteiger partial charge >= 0.3 is 0 Å². The van der Waals surface area contributed by atoms with Gasteiger partial charge in [-0.05, 0) is 55.3 Å². The van der Waals surface area contributed by atoms with Gasteiger partial charge in [-0.25, -0.2) is 12.8 Å². The van der Waals surface area contributed by atoms with Gasteiger partial charge in [0.05, 0.1) is 26.6 Å². The molecule has 0 saturated carbocycles. The van der Waals surface area contributed by atoms with Crippen molar-refractivity contribution in [3.05, 3.63) is 72.0 Å². The molecule has 0 atom stereocenters. The lowest BCUT2D eigenvalue weighted by molar-refractivity contribution is 0.0904. The molecule has 180 valence electrons. The number of sulfone groups is 1. The van der Waals surface area contributed by atoms with Crippen LogP contribution < -0.4 is 11.1 Å². The summed E-state index contributed by atoms with van der Waals surface area (Å²) < 4.78 is 45.5. The molecule has 3 aromatic carbocycles. The maximum absolute atomic E-state index is 13.7. The number of aromatic nitrogens is 2. The Bertz CT molecular complexity index is 1530. The number of fused-ring (bicyclic) bond motifs is 1. The number of amides is 1. The molecule has 8 nitrogen and oxygen atoms in total. The molecule has 1 saturated heterocycles. The molecule has 4 aromatic rings. The van der Waals surface area contributed by atoms with Gasteiger partial charge < -0.3 is 15.8 Å². The van der Waals surface area contributed by atoms with E-state index in [1.807, 2.05) is 0 Å². The Morgan fingerprint density at radius 2 is 1.80 bits per heavy atom. The Hall–Kier alpha value is -3.76. The zero-order chi connectivity index (χ0) is 24.6. The zero-order valence-electron chi connectivity index (χ0n) is 18.6. The van der Waals surface area contributed by atoms with Gasteiger partial charge in [-0.15, -0.1) is 0 Å². The maximum atomic E-state index is 13.7. The number of para-hydroxylation sites is 1. The SMILES string of the molecule is NC(=O)c1cccc(-c2n[nH]c3ccc(S(=O)(=O)c4cccc(F)c4)cc23)c1NC1CCOCC1. The molecule has 0 bridgehead atoms. The third-order valence-corrected chi connectivity index (χ3v) is 7.85. The number of nitrogens with zero attached hydrogens (tertiary/aromatic N) is 1. The van der Waals surface area contributed by atoms with Gasteiger partial charge in [0.25, 0.3) is 5.91 Å². The number of hydrogen-bond donors (Lipinski definition) is 3. The second-order valence-electron chi connectivity index (χ2n) is 8.36. The first kappa shape index (κ1) is 23.0. The number of ether oxygens (including phenoxy) is 1. The first-order valence-electron chi connectivity index (χ1n) is 11.1. The second kappa shape index (κ2) is 9.12. The van der Waals surface area contributed by atoms with Gasteiger partial charge in [-0.3, -0.25) is 9.89 Å². The van der Waals surface area contributed by atoms with E-state index in [0.29, 0.717) is 46.6 Å². The van der Waals surface area contributed by atoms with E-state index in [0.717, 1.165) is 18.9 Å². The number of rotatable bonds is 6. The summed E-state index contributed by atoms with van der Waals surface area (Å²) in [6.07, 6.45) is 1.54. The Labute approximate surface area is 201 Å². The number of aromatic amines is 1. The van der Waals surface area contributed by atoms with Crippen molar-refractivity contribution >= 4 is 32.3 Å². The number of primary amides is 1. The zero-order valence-corrected chi connectivity index (χ0v) is 19.4. The first-order chi connectivity index (χ1) is 16.8. The maximum Gasteiger partial charge on any atom is 0.250 e. The fourth-order valence-electron chi connectivity index (χ4n) is 4.29. The molecule has 35 heavy (non-hydrogen) atoms. The van der Waals surface area contributed by atoms with Crippen LogP contribution in [0.4, 0.5) is 10.1 Å². The standard InChI is InChI=1S/C25H23FN4O4S/c26-15-3-1-4-17(13-15)35(32,33)18-7-8-22-21(14-18)24(30-29-22)19-5-2-6-20(25(27)31)23(19)28-16-9-11-34-12-10-16/h1-8,13-14,16,28H,9-12H2,(H2,27,31)(H,29,30). The molecule has 1 aromatic heterocycles. The summed E-state index contributed by atoms with van der Waals surface area (Å²) in [5, 5.41) is 11.3. The van der Waals surface area contributed by atoms with Crippen molar-refractivity contribution in [1.82, 2.24) is 10.2 Å². The van der Waals surface area contributed by atoms with Gasteiger partial charge in [0, 0.05) is 30.2 Å². The summed E-state index contributed by atoms with van der Waals surface area (Å²) in [5.41, 5.74) is 8.21. The quantitative estimate of drug-likeness (QED) is 0.373. The van der Waals surface area contributed by atoms with Crippen LogP contribution >= 0.6 is 0 Å². The monoisotopic (exact) mass is 494 g/mol. The minimum atomic E-state index is -3.97. The van der Waals surface area contributed by atoms with Crippen LogP contribution in [0.25, 0.3) is 22.2 Å². The summed E-state index contributed by atoms with van der Waals surface area (Å²) in [7, 11) is -3.97. The average Bonchev–Trinajstić information content (AvgIpc) is 3.28. The smallest absolute Gasteiger partial charge is 0.250 e. The Morgan fingerprint density at radius 3 is 2.54 bits per heavy atom. The first-order valence-corrected chi connectivity index (χ1v) is 12.6. The lowest BCUT2D eigenvalue weighted by Crippen LogP contribution is -2.29. The third kappa shape index (κ3) is 4.38. The number of hydrogen-bond acceptors (Lipinski definition) is 6. The number of halogens is 1. The highest BCUT2D eigenvalue weighted by molar-refractivity contribution is 7.91. The molecule has 1 aliphatic rings. The van der Waals surface area contributed by atoms with Crippen molar-refractivity contribution in [1.29, 1.82) is 0 Å². The van der Waals surface area contributed by atoms with Crippen LogP contribution in [0.15, 0.2) is 70.5 Å². The van der Waals surface area contributed by atoms with Crippen LogP contribution in [0, 0.1) is 5.82 Å². The minimum absolute atomic E-state index is 0.00300. The van der Waals surface area contributed by atoms with Crippen LogP contribution in [0.2, 0.25) is 0 Å². The molecule has 0 aliphatic carbocycles. The van der Waals surface area contributed by atoms with Crippen LogP contribution in [0.5, 0.6) is 0 Å². The van der Waals surface area contributed by atoms with E-state index in [4.69, 9.17) is 10.5 Å². The number of nitrogens with two attached hydrogens (primary N) is 1. The summed E-state index contributed by atoms with van der Waals surface area (Å²) in [6, 6.07) is 14.7. The van der Waals surface area contributed by atoms with Gasteiger partial charge in [0.2, 0.25) is 9.84 Å². The van der Waals surface area contributed by atoms with Crippen molar-refractivity contribution in [2.45, 2.75) is 28.7 Å². The third-order valence-electron chi connectivity index (χ3n) is 6.11. The number of anilines is 1. The number of carbonyl (C=O) groups is 1. The van der Waals surface area contributed by atoms with Crippen molar-refractivity contribution in [2.75, 3.05) is 18.5 Å². The van der Waals surface area contributed by atoms with Crippen LogP contribution in [0.1, 0.15) is 23.2 Å². The van der Waals surface area contributed by atoms with Crippen molar-refractivity contribution in [2.24, 2.45) is 5.73 Å². The topological polar surface area (TPSA) is 127 Å². The van der Waals surface area contributed by atoms with E-state index in [1.165, 1.54) is 30.3 Å². The van der Waals surface area contributed by atoms with E-state index in [2.05, 4.69) is 15.5 Å². The summed E-state index contributed by atoms with van der Waals surface area (Å²) in [6.45, 7) is 1.22. The molecule has 4 N–H and O–H groups in total. The van der Waals surface area contributed by atoms with E-state index in [-0.39, 0.29) is 15.8 Å². The number of carbonyl (C=O) groups excluding carboxylic acids is 1. The molecule has 1 aliphatic heterocycles. The van der Waals surface area contributed by atoms with Crippen molar-refractivity contribution in [3.63, 3.8) is 0 Å². The fourth-order valence-corrected chi connectivity index (χ4v) is 5.61. The summed E-state index contributed by atoms with van der Waals surface area (Å²) in [5.74, 6) is -1.22. The van der Waals surface area contributed by atoms with Crippen molar-refractivity contribution < 1.29 is 22.3 Å². The van der Waals surface area contributed by atoms with Crippen molar-refractivity contribution in [3.8, 4) is 11.3 Å². The van der Waals surface area contributed by atoms with Crippen LogP contribution in [-0.2, 0) is 14.6 Å². The summed E-state index contributed by atoms with van der Waals surface area (Å²) >= 11 is 0.